The second-order valence-electron chi connectivity index (χ2n) is 7.91. The van der Waals surface area contributed by atoms with Crippen LogP contribution in [0.15, 0.2) is 34.9 Å². The zero-order valence-electron chi connectivity index (χ0n) is 16.9. The Morgan fingerprint density at radius 1 is 1.28 bits per heavy atom. The number of halogens is 1. The van der Waals surface area contributed by atoms with Crippen molar-refractivity contribution in [3.05, 3.63) is 40.8 Å². The fourth-order valence-corrected chi connectivity index (χ4v) is 3.49. The number of hydrogen-bond donors (Lipinski definition) is 2. The van der Waals surface area contributed by atoms with Gasteiger partial charge in [0.15, 0.2) is 0 Å². The molecule has 9 heteroatoms. The van der Waals surface area contributed by atoms with E-state index in [1.54, 1.807) is 11.1 Å². The topological polar surface area (TPSA) is 96.5 Å². The first kappa shape index (κ1) is 21.2. The van der Waals surface area contributed by atoms with Gasteiger partial charge in [-0.2, -0.15) is 0 Å². The van der Waals surface area contributed by atoms with Crippen molar-refractivity contribution in [2.75, 3.05) is 13.7 Å². The third-order valence-corrected chi connectivity index (χ3v) is 5.03. The molecule has 29 heavy (non-hydrogen) atoms. The molecule has 2 atom stereocenters. The number of nitrogens with zero attached hydrogens (tertiary/aromatic N) is 2. The summed E-state index contributed by atoms with van der Waals surface area (Å²) in [4.78, 5) is 33.8. The van der Waals surface area contributed by atoms with Crippen molar-refractivity contribution >= 4 is 28.1 Å². The Hall–Kier alpha value is -2.55. The lowest BCUT2D eigenvalue weighted by Gasteiger charge is -2.27. The lowest BCUT2D eigenvalue weighted by atomic mass is 10.1. The van der Waals surface area contributed by atoms with E-state index in [2.05, 4.69) is 36.0 Å². The minimum atomic E-state index is -0.624. The maximum Gasteiger partial charge on any atom is 0.410 e. The quantitative estimate of drug-likeness (QED) is 0.707. The molecule has 1 fully saturated rings. The molecular formula is C20H25BrN4O4. The molecule has 1 aromatic carbocycles. The first-order chi connectivity index (χ1) is 13.7. The van der Waals surface area contributed by atoms with Crippen LogP contribution in [0.4, 0.5) is 9.59 Å². The predicted molar refractivity (Wildman–Crippen MR) is 111 cm³/mol. The van der Waals surface area contributed by atoms with Gasteiger partial charge in [0, 0.05) is 11.0 Å². The zero-order valence-corrected chi connectivity index (χ0v) is 18.4. The molecule has 0 unspecified atom stereocenters. The summed E-state index contributed by atoms with van der Waals surface area (Å²) in [6, 6.07) is 7.24. The Morgan fingerprint density at radius 2 is 1.97 bits per heavy atom. The van der Waals surface area contributed by atoms with E-state index in [1.165, 1.54) is 7.11 Å². The van der Waals surface area contributed by atoms with Crippen molar-refractivity contribution < 1.29 is 19.1 Å². The molecule has 0 bridgehead atoms. The summed E-state index contributed by atoms with van der Waals surface area (Å²) < 4.78 is 11.2. The molecule has 8 nitrogen and oxygen atoms in total. The number of benzene rings is 1. The molecule has 2 N–H and O–H groups in total. The number of likely N-dealkylation sites (tertiary alicyclic amines) is 1. The summed E-state index contributed by atoms with van der Waals surface area (Å²) in [5.41, 5.74) is 1.21. The van der Waals surface area contributed by atoms with Gasteiger partial charge in [-0.3, -0.25) is 4.90 Å². The van der Waals surface area contributed by atoms with Crippen LogP contribution in [0.1, 0.15) is 39.1 Å². The number of nitrogens with one attached hydrogen (secondary N) is 2. The van der Waals surface area contributed by atoms with Crippen molar-refractivity contribution in [2.24, 2.45) is 0 Å². The minimum Gasteiger partial charge on any atom is -0.453 e. The number of methoxy groups -OCH3 is 1. The normalized spacial score (nSPS) is 19.1. The predicted octanol–water partition coefficient (Wildman–Crippen LogP) is 4.25. The van der Waals surface area contributed by atoms with Gasteiger partial charge in [-0.15, -0.1) is 0 Å². The van der Waals surface area contributed by atoms with Gasteiger partial charge in [0.2, 0.25) is 0 Å². The zero-order chi connectivity index (χ0) is 21.2. The molecule has 1 aromatic heterocycles. The van der Waals surface area contributed by atoms with Crippen LogP contribution in [-0.2, 0) is 9.47 Å². The molecule has 2 amide bonds. The van der Waals surface area contributed by atoms with Crippen molar-refractivity contribution in [1.29, 1.82) is 0 Å². The molecule has 3 rings (SSSR count). The van der Waals surface area contributed by atoms with Crippen LogP contribution >= 0.6 is 15.9 Å². The number of amides is 2. The van der Waals surface area contributed by atoms with Gasteiger partial charge in [-0.05, 0) is 44.9 Å². The Morgan fingerprint density at radius 3 is 2.59 bits per heavy atom. The van der Waals surface area contributed by atoms with Gasteiger partial charge < -0.3 is 19.8 Å². The van der Waals surface area contributed by atoms with Crippen LogP contribution in [0.5, 0.6) is 0 Å². The minimum absolute atomic E-state index is 0.263. The van der Waals surface area contributed by atoms with E-state index in [4.69, 9.17) is 4.74 Å². The Bertz CT molecular complexity index is 875. The maximum atomic E-state index is 12.8. The number of carbonyl (C=O) groups is 2. The van der Waals surface area contributed by atoms with Crippen molar-refractivity contribution in [1.82, 2.24) is 20.2 Å². The number of imidazole rings is 1. The number of hydrogen-bond acceptors (Lipinski definition) is 5. The van der Waals surface area contributed by atoms with Gasteiger partial charge in [-0.1, -0.05) is 28.1 Å². The number of rotatable bonds is 3. The first-order valence-corrected chi connectivity index (χ1v) is 10.1. The smallest absolute Gasteiger partial charge is 0.410 e. The van der Waals surface area contributed by atoms with E-state index in [-0.39, 0.29) is 12.1 Å². The van der Waals surface area contributed by atoms with Crippen LogP contribution in [-0.4, -0.2) is 52.4 Å². The van der Waals surface area contributed by atoms with Gasteiger partial charge >= 0.3 is 12.2 Å². The van der Waals surface area contributed by atoms with Crippen molar-refractivity contribution in [3.63, 3.8) is 0 Å². The Balaban J connectivity index is 1.84. The lowest BCUT2D eigenvalue weighted by molar-refractivity contribution is 0.0215. The molecule has 156 valence electrons. The van der Waals surface area contributed by atoms with Gasteiger partial charge in [-0.25, -0.2) is 14.6 Å². The monoisotopic (exact) mass is 464 g/mol. The molecule has 0 saturated carbocycles. The fraction of sp³-hybridized carbons (Fsp3) is 0.450. The molecule has 2 aromatic rings. The molecule has 1 saturated heterocycles. The summed E-state index contributed by atoms with van der Waals surface area (Å²) in [5.74, 6) is 0.642. The highest BCUT2D eigenvalue weighted by molar-refractivity contribution is 9.10. The summed E-state index contributed by atoms with van der Waals surface area (Å²) >= 11 is 3.43. The number of aromatic amines is 1. The van der Waals surface area contributed by atoms with Crippen LogP contribution in [0.2, 0.25) is 0 Å². The molecule has 0 aliphatic carbocycles. The van der Waals surface area contributed by atoms with Gasteiger partial charge in [0.05, 0.1) is 31.1 Å². The van der Waals surface area contributed by atoms with E-state index < -0.39 is 17.8 Å². The average Bonchev–Trinajstić information content (AvgIpc) is 3.28. The first-order valence-electron chi connectivity index (χ1n) is 9.31. The second kappa shape index (κ2) is 8.44. The van der Waals surface area contributed by atoms with Crippen LogP contribution < -0.4 is 5.32 Å². The largest absolute Gasteiger partial charge is 0.453 e. The Labute approximate surface area is 178 Å². The molecule has 2 heterocycles. The number of H-pyrrole nitrogens is 1. The van der Waals surface area contributed by atoms with Crippen molar-refractivity contribution in [2.45, 2.75) is 44.9 Å². The van der Waals surface area contributed by atoms with E-state index in [1.807, 2.05) is 45.0 Å². The third-order valence-electron chi connectivity index (χ3n) is 4.50. The van der Waals surface area contributed by atoms with Gasteiger partial charge in [0.1, 0.15) is 11.4 Å². The molecule has 1 aliphatic heterocycles. The van der Waals surface area contributed by atoms with E-state index in [9.17, 15) is 9.59 Å². The van der Waals surface area contributed by atoms with E-state index in [0.717, 1.165) is 15.7 Å². The lowest BCUT2D eigenvalue weighted by Crippen LogP contribution is -2.40. The van der Waals surface area contributed by atoms with Crippen LogP contribution in [0, 0.1) is 0 Å². The summed E-state index contributed by atoms with van der Waals surface area (Å²) in [6.45, 7) is 5.76. The van der Waals surface area contributed by atoms with E-state index in [0.29, 0.717) is 18.8 Å². The number of carbonyl (C=O) groups excluding carboxylic acids is 2. The fourth-order valence-electron chi connectivity index (χ4n) is 3.23. The summed E-state index contributed by atoms with van der Waals surface area (Å²) in [7, 11) is 1.31. The maximum absolute atomic E-state index is 12.8. The summed E-state index contributed by atoms with van der Waals surface area (Å²) in [6.07, 6.45) is 1.27. The highest BCUT2D eigenvalue weighted by atomic mass is 79.9. The molecular weight excluding hydrogens is 440 g/mol. The molecule has 1 aliphatic rings. The molecule has 0 radical (unpaired) electrons. The van der Waals surface area contributed by atoms with Gasteiger partial charge in [0.25, 0.3) is 0 Å². The highest BCUT2D eigenvalue weighted by Crippen LogP contribution is 2.33. The Kier molecular flexibility index (Phi) is 6.16. The SMILES string of the molecule is COC(=O)N[C@@H]1C[C@@H](c2ncc(-c3ccc(Br)cc3)[nH]2)N(C(=O)OC(C)(C)C)C1. The molecule has 0 spiro atoms. The highest BCUT2D eigenvalue weighted by Gasteiger charge is 2.40. The third kappa shape index (κ3) is 5.29. The standard InChI is InChI=1S/C20H25BrN4O4/c1-20(2,3)29-19(27)25-11-14(23-18(26)28-4)9-16(25)17-22-10-15(24-17)12-5-7-13(21)8-6-12/h5-8,10,14,16H,9,11H2,1-4H3,(H,22,24)(H,23,26)/t14-,16+/m1/s1. The average molecular weight is 465 g/mol. The second-order valence-corrected chi connectivity index (χ2v) is 8.82. The number of ether oxygens (including phenoxy) is 2. The van der Waals surface area contributed by atoms with Crippen LogP contribution in [0.25, 0.3) is 11.3 Å². The van der Waals surface area contributed by atoms with Crippen molar-refractivity contribution in [3.8, 4) is 11.3 Å². The number of alkyl carbamates (subject to hydrolysis) is 1. The summed E-state index contributed by atoms with van der Waals surface area (Å²) in [5, 5.41) is 2.76. The number of aromatic nitrogens is 2. The van der Waals surface area contributed by atoms with E-state index >= 15 is 0 Å². The van der Waals surface area contributed by atoms with Crippen LogP contribution in [0.3, 0.4) is 0 Å².